The minimum Gasteiger partial charge on any atom is -0.492 e. The molecule has 0 saturated heterocycles. The van der Waals surface area contributed by atoms with Gasteiger partial charge in [-0.1, -0.05) is 17.7 Å². The van der Waals surface area contributed by atoms with Crippen LogP contribution in [0.1, 0.15) is 11.1 Å². The van der Waals surface area contributed by atoms with E-state index in [4.69, 9.17) is 15.2 Å². The third kappa shape index (κ3) is 5.43. The van der Waals surface area contributed by atoms with Crippen LogP contribution in [0.2, 0.25) is 0 Å². The van der Waals surface area contributed by atoms with Gasteiger partial charge in [-0.05, 0) is 51.2 Å². The van der Waals surface area contributed by atoms with Gasteiger partial charge >= 0.3 is 0 Å². The van der Waals surface area contributed by atoms with Gasteiger partial charge in [-0.25, -0.2) is 14.4 Å². The molecule has 4 rings (SSSR count). The molecule has 3 N–H and O–H groups in total. The number of carbonyl (C=O) groups is 1. The summed E-state index contributed by atoms with van der Waals surface area (Å²) in [6.07, 6.45) is 2.00. The van der Waals surface area contributed by atoms with E-state index in [0.717, 1.165) is 16.9 Å². The Labute approximate surface area is 197 Å². The van der Waals surface area contributed by atoms with Crippen LogP contribution in [0.25, 0.3) is 11.3 Å². The van der Waals surface area contributed by atoms with Crippen LogP contribution in [0.15, 0.2) is 42.6 Å². The van der Waals surface area contributed by atoms with E-state index < -0.39 is 11.7 Å². The van der Waals surface area contributed by atoms with Crippen LogP contribution in [-0.4, -0.2) is 54.6 Å². The molecule has 2 heterocycles. The third-order valence-electron chi connectivity index (χ3n) is 5.57. The second-order valence-electron chi connectivity index (χ2n) is 8.59. The van der Waals surface area contributed by atoms with Gasteiger partial charge in [0.2, 0.25) is 11.9 Å². The van der Waals surface area contributed by atoms with Crippen LogP contribution in [0, 0.1) is 18.7 Å². The summed E-state index contributed by atoms with van der Waals surface area (Å²) in [5.74, 6) is -0.0543. The molecule has 3 aromatic rings. The van der Waals surface area contributed by atoms with Crippen LogP contribution in [0.4, 0.5) is 16.0 Å². The van der Waals surface area contributed by atoms with Crippen molar-refractivity contribution in [2.24, 2.45) is 5.92 Å². The Kier molecular flexibility index (Phi) is 6.93. The molecule has 0 spiro atoms. The van der Waals surface area contributed by atoms with E-state index in [0.29, 0.717) is 31.0 Å². The fourth-order valence-corrected chi connectivity index (χ4v) is 3.76. The third-order valence-corrected chi connectivity index (χ3v) is 5.57. The molecule has 1 atom stereocenters. The van der Waals surface area contributed by atoms with E-state index in [1.807, 2.05) is 44.1 Å². The summed E-state index contributed by atoms with van der Waals surface area (Å²) in [7, 11) is 3.85. The highest BCUT2D eigenvalue weighted by Crippen LogP contribution is 2.34. The zero-order valence-corrected chi connectivity index (χ0v) is 19.5. The maximum absolute atomic E-state index is 15.1. The second-order valence-corrected chi connectivity index (χ2v) is 8.59. The van der Waals surface area contributed by atoms with Crippen molar-refractivity contribution in [2.75, 3.05) is 44.9 Å². The van der Waals surface area contributed by atoms with Crippen molar-refractivity contribution in [1.29, 1.82) is 0 Å². The Hall–Kier alpha value is -3.72. The normalized spacial score (nSPS) is 14.9. The first-order valence-electron chi connectivity index (χ1n) is 11.0. The number of nitrogens with zero attached hydrogens (tertiary/aromatic N) is 3. The predicted octanol–water partition coefficient (Wildman–Crippen LogP) is 3.30. The monoisotopic (exact) mass is 465 g/mol. The zero-order chi connectivity index (χ0) is 24.2. The largest absolute Gasteiger partial charge is 0.492 e. The van der Waals surface area contributed by atoms with Gasteiger partial charge in [0.1, 0.15) is 30.5 Å². The van der Waals surface area contributed by atoms with Crippen LogP contribution >= 0.6 is 0 Å². The van der Waals surface area contributed by atoms with Crippen molar-refractivity contribution in [3.8, 4) is 22.8 Å². The molecule has 9 heteroatoms. The van der Waals surface area contributed by atoms with E-state index in [2.05, 4.69) is 15.3 Å². The molecular formula is C25H28FN5O3. The van der Waals surface area contributed by atoms with Crippen LogP contribution in [0.5, 0.6) is 11.5 Å². The minimum absolute atomic E-state index is 0.0390. The minimum atomic E-state index is -0.561. The lowest BCUT2D eigenvalue weighted by molar-refractivity contribution is -0.121. The number of carbonyl (C=O) groups excluding carboxylic acids is 1. The van der Waals surface area contributed by atoms with Crippen molar-refractivity contribution in [1.82, 2.24) is 14.9 Å². The standard InChI is InChI=1S/C25H28FN5O3/c1-15-4-5-22-16(10-15)11-17(14-34-22)24(32)29-21-13-19(26)18(20-6-7-28-25(27)30-20)12-23(21)33-9-8-31(2)3/h4-7,10,12-13,17H,8-9,11,14H2,1-3H3,(H,29,32)(H2,27,28,30). The van der Waals surface area contributed by atoms with Crippen molar-refractivity contribution < 1.29 is 18.7 Å². The summed E-state index contributed by atoms with van der Waals surface area (Å²) in [5, 5.41) is 2.84. The molecular weight excluding hydrogens is 437 g/mol. The number of amides is 1. The van der Waals surface area contributed by atoms with Gasteiger partial charge in [0, 0.05) is 24.4 Å². The first kappa shape index (κ1) is 23.4. The van der Waals surface area contributed by atoms with Gasteiger partial charge in [0.05, 0.1) is 17.3 Å². The predicted molar refractivity (Wildman–Crippen MR) is 128 cm³/mol. The lowest BCUT2D eigenvalue weighted by Gasteiger charge is -2.25. The summed E-state index contributed by atoms with van der Waals surface area (Å²) in [6.45, 7) is 3.25. The molecule has 1 amide bonds. The highest BCUT2D eigenvalue weighted by Gasteiger charge is 2.27. The number of benzene rings is 2. The molecule has 34 heavy (non-hydrogen) atoms. The van der Waals surface area contributed by atoms with E-state index >= 15 is 4.39 Å². The molecule has 0 aliphatic carbocycles. The molecule has 1 aliphatic rings. The van der Waals surface area contributed by atoms with E-state index in [1.165, 1.54) is 18.3 Å². The van der Waals surface area contributed by atoms with E-state index in [9.17, 15) is 4.79 Å². The Morgan fingerprint density at radius 3 is 2.88 bits per heavy atom. The maximum atomic E-state index is 15.1. The summed E-state index contributed by atoms with van der Waals surface area (Å²) < 4.78 is 26.8. The topological polar surface area (TPSA) is 103 Å². The highest BCUT2D eigenvalue weighted by atomic mass is 19.1. The maximum Gasteiger partial charge on any atom is 0.231 e. The number of halogens is 1. The van der Waals surface area contributed by atoms with E-state index in [-0.39, 0.29) is 29.7 Å². The van der Waals surface area contributed by atoms with Gasteiger partial charge in [0.15, 0.2) is 0 Å². The highest BCUT2D eigenvalue weighted by molar-refractivity contribution is 5.95. The fourth-order valence-electron chi connectivity index (χ4n) is 3.76. The SMILES string of the molecule is Cc1ccc2c(c1)CC(C(=O)Nc1cc(F)c(-c3ccnc(N)n3)cc1OCCN(C)C)CO2. The quantitative estimate of drug-likeness (QED) is 0.552. The number of anilines is 2. The molecule has 1 aliphatic heterocycles. The molecule has 1 aromatic heterocycles. The van der Waals surface area contributed by atoms with E-state index in [1.54, 1.807) is 6.07 Å². The van der Waals surface area contributed by atoms with Gasteiger partial charge in [0.25, 0.3) is 0 Å². The van der Waals surface area contributed by atoms with Crippen LogP contribution in [-0.2, 0) is 11.2 Å². The summed E-state index contributed by atoms with van der Waals surface area (Å²) in [5.41, 5.74) is 8.54. The number of aryl methyl sites for hydroxylation is 1. The molecule has 2 aromatic carbocycles. The summed E-state index contributed by atoms with van der Waals surface area (Å²) in [6, 6.07) is 10.3. The number of nitrogen functional groups attached to an aromatic ring is 1. The number of nitrogens with one attached hydrogen (secondary N) is 1. The summed E-state index contributed by atoms with van der Waals surface area (Å²) in [4.78, 5) is 23.0. The molecule has 8 nitrogen and oxygen atoms in total. The van der Waals surface area contributed by atoms with Crippen molar-refractivity contribution in [3.05, 3.63) is 59.5 Å². The molecule has 0 saturated carbocycles. The van der Waals surface area contributed by atoms with Gasteiger partial charge in [-0.15, -0.1) is 0 Å². The molecule has 0 radical (unpaired) electrons. The number of hydrogen-bond donors (Lipinski definition) is 2. The molecule has 1 unspecified atom stereocenters. The lowest BCUT2D eigenvalue weighted by atomic mass is 9.94. The number of nitrogens with two attached hydrogens (primary N) is 1. The second kappa shape index (κ2) is 10.0. The first-order valence-corrected chi connectivity index (χ1v) is 11.0. The smallest absolute Gasteiger partial charge is 0.231 e. The molecule has 0 fully saturated rings. The number of hydrogen-bond acceptors (Lipinski definition) is 7. The summed E-state index contributed by atoms with van der Waals surface area (Å²) >= 11 is 0. The average Bonchev–Trinajstić information content (AvgIpc) is 2.79. The van der Waals surface area contributed by atoms with Crippen molar-refractivity contribution >= 4 is 17.5 Å². The zero-order valence-electron chi connectivity index (χ0n) is 19.5. The number of rotatable bonds is 7. The van der Waals surface area contributed by atoms with Crippen LogP contribution in [0.3, 0.4) is 0 Å². The van der Waals surface area contributed by atoms with Gasteiger partial charge in [-0.2, -0.15) is 0 Å². The van der Waals surface area contributed by atoms with Gasteiger partial charge < -0.3 is 25.4 Å². The number of aromatic nitrogens is 2. The Morgan fingerprint density at radius 2 is 2.12 bits per heavy atom. The van der Waals surface area contributed by atoms with Crippen LogP contribution < -0.4 is 20.5 Å². The number of fused-ring (bicyclic) bond motifs is 1. The first-order chi connectivity index (χ1) is 16.3. The fraction of sp³-hybridized carbons (Fsp3) is 0.320. The Balaban J connectivity index is 1.59. The lowest BCUT2D eigenvalue weighted by Crippen LogP contribution is -2.32. The molecule has 178 valence electrons. The van der Waals surface area contributed by atoms with Gasteiger partial charge in [-0.3, -0.25) is 4.79 Å². The molecule has 0 bridgehead atoms. The Bertz CT molecular complexity index is 1200. The Morgan fingerprint density at radius 1 is 1.29 bits per heavy atom. The number of likely N-dealkylation sites (N-methyl/N-ethyl adjacent to an activating group) is 1. The number of ether oxygens (including phenoxy) is 2. The van der Waals surface area contributed by atoms with Crippen molar-refractivity contribution in [3.63, 3.8) is 0 Å². The average molecular weight is 466 g/mol. The van der Waals surface area contributed by atoms with Crippen molar-refractivity contribution in [2.45, 2.75) is 13.3 Å².